The molecule has 0 radical (unpaired) electrons. The van der Waals surface area contributed by atoms with Gasteiger partial charge in [-0.1, -0.05) is 0 Å². The standard InChI is InChI=1S/C12H24N2O3/c1-2-17-12(16)4-3-10-7-11(13)9-14(8-10)5-6-15/h10-11,15H,2-9,13H2,1H3. The number of esters is 1. The Hall–Kier alpha value is -0.650. The highest BCUT2D eigenvalue weighted by molar-refractivity contribution is 5.69. The zero-order chi connectivity index (χ0) is 12.7. The molecule has 5 nitrogen and oxygen atoms in total. The molecule has 1 rings (SSSR count). The Kier molecular flexibility index (Phi) is 6.47. The van der Waals surface area contributed by atoms with E-state index < -0.39 is 0 Å². The molecular weight excluding hydrogens is 220 g/mol. The molecule has 2 unspecified atom stereocenters. The van der Waals surface area contributed by atoms with Crippen LogP contribution in [0.2, 0.25) is 0 Å². The van der Waals surface area contributed by atoms with E-state index in [1.807, 2.05) is 6.92 Å². The summed E-state index contributed by atoms with van der Waals surface area (Å²) in [6, 6.07) is 0.155. The van der Waals surface area contributed by atoms with Crippen molar-refractivity contribution in [3.63, 3.8) is 0 Å². The van der Waals surface area contributed by atoms with Crippen molar-refractivity contribution < 1.29 is 14.6 Å². The van der Waals surface area contributed by atoms with Crippen molar-refractivity contribution in [3.8, 4) is 0 Å². The largest absolute Gasteiger partial charge is 0.466 e. The van der Waals surface area contributed by atoms with Gasteiger partial charge in [0, 0.05) is 32.1 Å². The van der Waals surface area contributed by atoms with Crippen LogP contribution in [0.3, 0.4) is 0 Å². The minimum absolute atomic E-state index is 0.125. The van der Waals surface area contributed by atoms with Gasteiger partial charge < -0.3 is 15.6 Å². The van der Waals surface area contributed by atoms with E-state index >= 15 is 0 Å². The highest BCUT2D eigenvalue weighted by Crippen LogP contribution is 2.20. The number of carbonyl (C=O) groups is 1. The fraction of sp³-hybridized carbons (Fsp3) is 0.917. The van der Waals surface area contributed by atoms with Crippen LogP contribution in [0.5, 0.6) is 0 Å². The van der Waals surface area contributed by atoms with Crippen LogP contribution in [0.25, 0.3) is 0 Å². The number of likely N-dealkylation sites (tertiary alicyclic amines) is 1. The highest BCUT2D eigenvalue weighted by Gasteiger charge is 2.25. The van der Waals surface area contributed by atoms with E-state index in [-0.39, 0.29) is 18.6 Å². The van der Waals surface area contributed by atoms with Crippen LogP contribution in [-0.2, 0) is 9.53 Å². The van der Waals surface area contributed by atoms with Gasteiger partial charge in [0.15, 0.2) is 0 Å². The minimum atomic E-state index is -0.125. The second kappa shape index (κ2) is 7.63. The van der Waals surface area contributed by atoms with Crippen LogP contribution in [-0.4, -0.2) is 54.9 Å². The average Bonchev–Trinajstić information content (AvgIpc) is 2.26. The zero-order valence-corrected chi connectivity index (χ0v) is 10.6. The van der Waals surface area contributed by atoms with Gasteiger partial charge in [0.2, 0.25) is 0 Å². The van der Waals surface area contributed by atoms with Crippen molar-refractivity contribution in [2.75, 3.05) is 32.8 Å². The normalized spacial score (nSPS) is 25.8. The van der Waals surface area contributed by atoms with E-state index in [2.05, 4.69) is 4.90 Å². The maximum atomic E-state index is 11.3. The number of hydrogen-bond acceptors (Lipinski definition) is 5. The number of β-amino-alcohol motifs (C(OH)–C–C–N with tert-alkyl or cyclic N) is 1. The average molecular weight is 244 g/mol. The molecule has 1 saturated heterocycles. The molecule has 0 amide bonds. The molecular formula is C12H24N2O3. The van der Waals surface area contributed by atoms with Crippen LogP contribution >= 0.6 is 0 Å². The number of nitrogens with zero attached hydrogens (tertiary/aromatic N) is 1. The quantitative estimate of drug-likeness (QED) is 0.642. The molecule has 1 heterocycles. The molecule has 0 aliphatic carbocycles. The number of aliphatic hydroxyl groups is 1. The van der Waals surface area contributed by atoms with Crippen LogP contribution in [0.4, 0.5) is 0 Å². The molecule has 0 spiro atoms. The predicted molar refractivity (Wildman–Crippen MR) is 65.5 cm³/mol. The van der Waals surface area contributed by atoms with Crippen LogP contribution < -0.4 is 5.73 Å². The van der Waals surface area contributed by atoms with E-state index in [9.17, 15) is 4.79 Å². The summed E-state index contributed by atoms with van der Waals surface area (Å²) in [4.78, 5) is 13.4. The van der Waals surface area contributed by atoms with E-state index in [0.29, 0.717) is 25.5 Å². The molecule has 1 aliphatic rings. The molecule has 1 aliphatic heterocycles. The zero-order valence-electron chi connectivity index (χ0n) is 10.6. The molecule has 2 atom stereocenters. The van der Waals surface area contributed by atoms with Gasteiger partial charge in [0.1, 0.15) is 0 Å². The van der Waals surface area contributed by atoms with E-state index in [1.54, 1.807) is 0 Å². The second-order valence-corrected chi connectivity index (χ2v) is 4.69. The van der Waals surface area contributed by atoms with Crippen LogP contribution in [0.1, 0.15) is 26.2 Å². The van der Waals surface area contributed by atoms with Crippen LogP contribution in [0, 0.1) is 5.92 Å². The summed E-state index contributed by atoms with van der Waals surface area (Å²) in [7, 11) is 0. The summed E-state index contributed by atoms with van der Waals surface area (Å²) in [6.45, 7) is 4.86. The number of hydrogen-bond donors (Lipinski definition) is 2. The molecule has 0 aromatic carbocycles. The lowest BCUT2D eigenvalue weighted by atomic mass is 9.91. The number of nitrogens with two attached hydrogens (primary N) is 1. The first-order valence-electron chi connectivity index (χ1n) is 6.40. The fourth-order valence-electron chi connectivity index (χ4n) is 2.44. The maximum Gasteiger partial charge on any atom is 0.305 e. The summed E-state index contributed by atoms with van der Waals surface area (Å²) >= 11 is 0. The van der Waals surface area contributed by atoms with Gasteiger partial charge >= 0.3 is 5.97 Å². The summed E-state index contributed by atoms with van der Waals surface area (Å²) in [5.74, 6) is 0.315. The smallest absolute Gasteiger partial charge is 0.305 e. The minimum Gasteiger partial charge on any atom is -0.466 e. The Balaban J connectivity index is 2.29. The van der Waals surface area contributed by atoms with Crippen molar-refractivity contribution in [1.29, 1.82) is 0 Å². The first kappa shape index (κ1) is 14.4. The number of rotatable bonds is 6. The second-order valence-electron chi connectivity index (χ2n) is 4.69. The lowest BCUT2D eigenvalue weighted by Crippen LogP contribution is -2.47. The van der Waals surface area contributed by atoms with E-state index in [1.165, 1.54) is 0 Å². The topological polar surface area (TPSA) is 75.8 Å². The van der Waals surface area contributed by atoms with Crippen molar-refractivity contribution in [3.05, 3.63) is 0 Å². The van der Waals surface area contributed by atoms with Crippen molar-refractivity contribution >= 4 is 5.97 Å². The number of ether oxygens (including phenoxy) is 1. The third-order valence-corrected chi connectivity index (χ3v) is 3.12. The molecule has 3 N–H and O–H groups in total. The van der Waals surface area contributed by atoms with Crippen molar-refractivity contribution in [2.24, 2.45) is 11.7 Å². The van der Waals surface area contributed by atoms with E-state index in [4.69, 9.17) is 15.6 Å². The molecule has 17 heavy (non-hydrogen) atoms. The molecule has 0 bridgehead atoms. The van der Waals surface area contributed by atoms with Crippen LogP contribution in [0.15, 0.2) is 0 Å². The Bertz CT molecular complexity index is 236. The molecule has 5 heteroatoms. The van der Waals surface area contributed by atoms with E-state index in [0.717, 1.165) is 25.9 Å². The lowest BCUT2D eigenvalue weighted by Gasteiger charge is -2.35. The van der Waals surface area contributed by atoms with Gasteiger partial charge in [-0.2, -0.15) is 0 Å². The van der Waals surface area contributed by atoms with Gasteiger partial charge in [0.05, 0.1) is 13.2 Å². The van der Waals surface area contributed by atoms with Gasteiger partial charge in [-0.25, -0.2) is 0 Å². The Morgan fingerprint density at radius 3 is 2.94 bits per heavy atom. The number of aliphatic hydroxyl groups excluding tert-OH is 1. The summed E-state index contributed by atoms with van der Waals surface area (Å²) < 4.78 is 4.91. The number of carbonyl (C=O) groups excluding carboxylic acids is 1. The fourth-order valence-corrected chi connectivity index (χ4v) is 2.44. The molecule has 100 valence electrons. The van der Waals surface area contributed by atoms with Gasteiger partial charge in [-0.3, -0.25) is 9.69 Å². The van der Waals surface area contributed by atoms with Crippen molar-refractivity contribution in [1.82, 2.24) is 4.90 Å². The molecule has 1 fully saturated rings. The Morgan fingerprint density at radius 2 is 2.29 bits per heavy atom. The SMILES string of the molecule is CCOC(=O)CCC1CC(N)CN(CCO)C1. The summed E-state index contributed by atoms with van der Waals surface area (Å²) in [5, 5.41) is 8.92. The maximum absolute atomic E-state index is 11.3. The first-order chi connectivity index (χ1) is 8.15. The van der Waals surface area contributed by atoms with Crippen molar-refractivity contribution in [2.45, 2.75) is 32.2 Å². The lowest BCUT2D eigenvalue weighted by molar-refractivity contribution is -0.143. The van der Waals surface area contributed by atoms with Gasteiger partial charge in [-0.15, -0.1) is 0 Å². The van der Waals surface area contributed by atoms with Gasteiger partial charge in [0.25, 0.3) is 0 Å². The third kappa shape index (κ3) is 5.48. The molecule has 0 aromatic heterocycles. The Labute approximate surface area is 103 Å². The first-order valence-corrected chi connectivity index (χ1v) is 6.40. The summed E-state index contributed by atoms with van der Waals surface area (Å²) in [6.07, 6.45) is 2.26. The number of piperidine rings is 1. The Morgan fingerprint density at radius 1 is 1.53 bits per heavy atom. The molecule has 0 aromatic rings. The molecule has 0 saturated carbocycles. The monoisotopic (exact) mass is 244 g/mol. The summed E-state index contributed by atoms with van der Waals surface area (Å²) in [5.41, 5.74) is 5.97. The highest BCUT2D eigenvalue weighted by atomic mass is 16.5. The third-order valence-electron chi connectivity index (χ3n) is 3.12. The predicted octanol–water partition coefficient (Wildman–Crippen LogP) is -0.0288. The van der Waals surface area contributed by atoms with Gasteiger partial charge in [-0.05, 0) is 25.7 Å².